The molecular formula is C22H20N4O3. The van der Waals surface area contributed by atoms with Crippen LogP contribution >= 0.6 is 0 Å². The maximum Gasteiger partial charge on any atom is 0.331 e. The molecule has 4 N–H and O–H groups in total. The van der Waals surface area contributed by atoms with Gasteiger partial charge in [0.15, 0.2) is 0 Å². The van der Waals surface area contributed by atoms with Gasteiger partial charge in [0.1, 0.15) is 5.56 Å². The molecular weight excluding hydrogens is 368 g/mol. The first-order valence-corrected chi connectivity index (χ1v) is 9.56. The van der Waals surface area contributed by atoms with Crippen molar-refractivity contribution < 1.29 is 5.11 Å². The number of hydrogen-bond donors (Lipinski definition) is 4. The van der Waals surface area contributed by atoms with Crippen LogP contribution in [0.3, 0.4) is 0 Å². The van der Waals surface area contributed by atoms with Gasteiger partial charge in [-0.1, -0.05) is 48.5 Å². The van der Waals surface area contributed by atoms with Crippen molar-refractivity contribution in [2.75, 3.05) is 6.54 Å². The molecule has 5 rings (SSSR count). The van der Waals surface area contributed by atoms with Crippen LogP contribution in [0.5, 0.6) is 5.88 Å². The number of aromatic amines is 2. The summed E-state index contributed by atoms with van der Waals surface area (Å²) in [6.07, 6.45) is 0.818. The van der Waals surface area contributed by atoms with E-state index in [0.717, 1.165) is 34.1 Å². The fourth-order valence-corrected chi connectivity index (χ4v) is 4.17. The van der Waals surface area contributed by atoms with Gasteiger partial charge in [0.25, 0.3) is 5.56 Å². The van der Waals surface area contributed by atoms with Crippen LogP contribution in [-0.4, -0.2) is 26.2 Å². The zero-order valence-corrected chi connectivity index (χ0v) is 15.6. The SMILES string of the molecule is O=c1[nH]c(=O)n(Cc2ccccc2)c(O)c1[C@H]1NCCc2c1[nH]c1ccccc21. The van der Waals surface area contributed by atoms with Crippen LogP contribution in [0.1, 0.15) is 28.4 Å². The summed E-state index contributed by atoms with van der Waals surface area (Å²) < 4.78 is 1.20. The first-order valence-electron chi connectivity index (χ1n) is 9.56. The summed E-state index contributed by atoms with van der Waals surface area (Å²) in [6, 6.07) is 16.8. The average Bonchev–Trinajstić information content (AvgIpc) is 3.11. The second-order valence-corrected chi connectivity index (χ2v) is 7.27. The smallest absolute Gasteiger partial charge is 0.331 e. The predicted molar refractivity (Wildman–Crippen MR) is 110 cm³/mol. The minimum Gasteiger partial charge on any atom is -0.494 e. The molecule has 0 amide bonds. The Kier molecular flexibility index (Phi) is 4.10. The van der Waals surface area contributed by atoms with E-state index in [0.29, 0.717) is 6.54 Å². The zero-order valence-electron chi connectivity index (χ0n) is 15.6. The summed E-state index contributed by atoms with van der Waals surface area (Å²) in [6.45, 7) is 0.831. The highest BCUT2D eigenvalue weighted by atomic mass is 16.3. The molecule has 7 heteroatoms. The second-order valence-electron chi connectivity index (χ2n) is 7.27. The lowest BCUT2D eigenvalue weighted by Gasteiger charge is -2.25. The monoisotopic (exact) mass is 388 g/mol. The van der Waals surface area contributed by atoms with Crippen molar-refractivity contribution in [3.63, 3.8) is 0 Å². The topological polar surface area (TPSA) is 103 Å². The summed E-state index contributed by atoms with van der Waals surface area (Å²) in [7, 11) is 0. The highest BCUT2D eigenvalue weighted by Gasteiger charge is 2.30. The van der Waals surface area contributed by atoms with E-state index in [1.807, 2.05) is 54.6 Å². The van der Waals surface area contributed by atoms with Crippen LogP contribution < -0.4 is 16.6 Å². The summed E-state index contributed by atoms with van der Waals surface area (Å²) in [5.74, 6) is -0.313. The maximum absolute atomic E-state index is 12.7. The standard InChI is InChI=1S/C22H20N4O3/c27-20-17(21(28)26(22(29)25-20)12-13-6-2-1-3-7-13)19-18-15(10-11-23-19)14-8-4-5-9-16(14)24-18/h1-9,19,23-24,28H,10-12H2,(H,25,27,29)/t19-/m1/s1. The van der Waals surface area contributed by atoms with E-state index in [1.54, 1.807) is 0 Å². The zero-order chi connectivity index (χ0) is 20.0. The van der Waals surface area contributed by atoms with Gasteiger partial charge in [-0.25, -0.2) is 4.79 Å². The third-order valence-corrected chi connectivity index (χ3v) is 5.54. The average molecular weight is 388 g/mol. The Labute approximate surface area is 165 Å². The molecule has 1 atom stereocenters. The molecule has 146 valence electrons. The van der Waals surface area contributed by atoms with Crippen LogP contribution in [-0.2, 0) is 13.0 Å². The van der Waals surface area contributed by atoms with Crippen molar-refractivity contribution in [2.24, 2.45) is 0 Å². The molecule has 1 aliphatic rings. The number of fused-ring (bicyclic) bond motifs is 3. The highest BCUT2D eigenvalue weighted by molar-refractivity contribution is 5.85. The third-order valence-electron chi connectivity index (χ3n) is 5.54. The second kappa shape index (κ2) is 6.79. The first kappa shape index (κ1) is 17.5. The number of H-pyrrole nitrogens is 2. The molecule has 2 aromatic carbocycles. The number of para-hydroxylation sites is 1. The Balaban J connectivity index is 1.67. The van der Waals surface area contributed by atoms with Crippen molar-refractivity contribution in [1.82, 2.24) is 19.9 Å². The number of aromatic nitrogens is 3. The van der Waals surface area contributed by atoms with Crippen LogP contribution in [0.25, 0.3) is 10.9 Å². The number of benzene rings is 2. The van der Waals surface area contributed by atoms with E-state index in [4.69, 9.17) is 0 Å². The first-order chi connectivity index (χ1) is 14.1. The van der Waals surface area contributed by atoms with Gasteiger partial charge in [-0.2, -0.15) is 0 Å². The lowest BCUT2D eigenvalue weighted by molar-refractivity contribution is 0.390. The number of nitrogens with zero attached hydrogens (tertiary/aromatic N) is 1. The fourth-order valence-electron chi connectivity index (χ4n) is 4.17. The third kappa shape index (κ3) is 2.87. The number of hydrogen-bond acceptors (Lipinski definition) is 4. The van der Waals surface area contributed by atoms with Gasteiger partial charge in [-0.05, 0) is 23.6 Å². The van der Waals surface area contributed by atoms with E-state index in [1.165, 1.54) is 4.57 Å². The quantitative estimate of drug-likeness (QED) is 0.431. The van der Waals surface area contributed by atoms with Crippen molar-refractivity contribution in [1.29, 1.82) is 0 Å². The van der Waals surface area contributed by atoms with E-state index in [9.17, 15) is 14.7 Å². The van der Waals surface area contributed by atoms with E-state index in [-0.39, 0.29) is 18.0 Å². The van der Waals surface area contributed by atoms with Crippen molar-refractivity contribution in [3.8, 4) is 5.88 Å². The molecule has 3 heterocycles. The molecule has 0 saturated carbocycles. The summed E-state index contributed by atoms with van der Waals surface area (Å²) in [5.41, 5.74) is 2.75. The fraction of sp³-hybridized carbons (Fsp3) is 0.182. The Morgan fingerprint density at radius 2 is 1.76 bits per heavy atom. The summed E-state index contributed by atoms with van der Waals surface area (Å²) in [4.78, 5) is 30.9. The van der Waals surface area contributed by atoms with Gasteiger partial charge >= 0.3 is 5.69 Å². The van der Waals surface area contributed by atoms with Crippen molar-refractivity contribution in [3.05, 3.63) is 97.8 Å². The molecule has 0 spiro atoms. The van der Waals surface area contributed by atoms with Crippen LogP contribution in [0.4, 0.5) is 0 Å². The Bertz CT molecular complexity index is 1320. The van der Waals surface area contributed by atoms with Gasteiger partial charge in [-0.15, -0.1) is 0 Å². The maximum atomic E-state index is 12.7. The number of nitrogens with one attached hydrogen (secondary N) is 3. The van der Waals surface area contributed by atoms with E-state index >= 15 is 0 Å². The van der Waals surface area contributed by atoms with Gasteiger partial charge < -0.3 is 15.4 Å². The predicted octanol–water partition coefficient (Wildman–Crippen LogP) is 2.01. The van der Waals surface area contributed by atoms with Crippen LogP contribution in [0.2, 0.25) is 0 Å². The van der Waals surface area contributed by atoms with E-state index in [2.05, 4.69) is 15.3 Å². The van der Waals surface area contributed by atoms with Crippen molar-refractivity contribution >= 4 is 10.9 Å². The van der Waals surface area contributed by atoms with Gasteiger partial charge in [0.2, 0.25) is 5.88 Å². The van der Waals surface area contributed by atoms with Crippen LogP contribution in [0, 0.1) is 0 Å². The molecule has 7 nitrogen and oxygen atoms in total. The lowest BCUT2D eigenvalue weighted by atomic mass is 9.95. The molecule has 0 radical (unpaired) electrons. The molecule has 4 aromatic rings. The Morgan fingerprint density at radius 1 is 1.00 bits per heavy atom. The molecule has 2 aromatic heterocycles. The largest absolute Gasteiger partial charge is 0.494 e. The highest BCUT2D eigenvalue weighted by Crippen LogP contribution is 2.34. The van der Waals surface area contributed by atoms with Gasteiger partial charge in [0, 0.05) is 23.1 Å². The summed E-state index contributed by atoms with van der Waals surface area (Å²) in [5, 5.41) is 15.4. The van der Waals surface area contributed by atoms with Crippen LogP contribution in [0.15, 0.2) is 64.2 Å². The molecule has 0 saturated heterocycles. The normalized spacial score (nSPS) is 16.1. The minimum absolute atomic E-state index is 0.146. The molecule has 0 aliphatic carbocycles. The Morgan fingerprint density at radius 3 is 2.59 bits per heavy atom. The molecule has 0 unspecified atom stereocenters. The Hall–Kier alpha value is -3.58. The van der Waals surface area contributed by atoms with E-state index < -0.39 is 17.3 Å². The molecule has 0 bridgehead atoms. The lowest BCUT2D eigenvalue weighted by Crippen LogP contribution is -2.39. The van der Waals surface area contributed by atoms with Crippen molar-refractivity contribution in [2.45, 2.75) is 19.0 Å². The van der Waals surface area contributed by atoms with Gasteiger partial charge in [0.05, 0.1) is 12.6 Å². The number of aromatic hydroxyl groups is 1. The molecule has 0 fully saturated rings. The molecule has 29 heavy (non-hydrogen) atoms. The summed E-state index contributed by atoms with van der Waals surface area (Å²) >= 11 is 0. The number of rotatable bonds is 3. The van der Waals surface area contributed by atoms with Gasteiger partial charge in [-0.3, -0.25) is 14.3 Å². The molecule has 1 aliphatic heterocycles. The minimum atomic E-state index is -0.632.